The van der Waals surface area contributed by atoms with Gasteiger partial charge in [-0.05, 0) is 23.3 Å². The van der Waals surface area contributed by atoms with Crippen molar-refractivity contribution in [2.45, 2.75) is 13.1 Å². The third-order valence-corrected chi connectivity index (χ3v) is 4.52. The minimum Gasteiger partial charge on any atom is -0.352 e. The zero-order valence-electron chi connectivity index (χ0n) is 12.9. The Morgan fingerprint density at radius 1 is 1.04 bits per heavy atom. The van der Waals surface area contributed by atoms with Crippen molar-refractivity contribution >= 4 is 11.7 Å². The number of aromatic nitrogens is 2. The molecule has 2 aliphatic heterocycles. The second-order valence-corrected chi connectivity index (χ2v) is 5.93. The molecule has 0 aliphatic carbocycles. The summed E-state index contributed by atoms with van der Waals surface area (Å²) in [6.07, 6.45) is 5.14. The molecule has 2 aromatic rings. The van der Waals surface area contributed by atoms with Crippen molar-refractivity contribution in [1.29, 1.82) is 0 Å². The Bertz CT molecular complexity index is 710. The lowest BCUT2D eigenvalue weighted by atomic mass is 10.1. The van der Waals surface area contributed by atoms with Gasteiger partial charge in [-0.25, -0.2) is 4.98 Å². The highest BCUT2D eigenvalue weighted by molar-refractivity contribution is 5.94. The van der Waals surface area contributed by atoms with E-state index in [-0.39, 0.29) is 5.91 Å². The predicted octanol–water partition coefficient (Wildman–Crippen LogP) is 1.04. The van der Waals surface area contributed by atoms with Crippen LogP contribution in [-0.2, 0) is 13.1 Å². The van der Waals surface area contributed by atoms with E-state index >= 15 is 0 Å². The van der Waals surface area contributed by atoms with Crippen molar-refractivity contribution in [3.8, 4) is 0 Å². The summed E-state index contributed by atoms with van der Waals surface area (Å²) in [5.41, 5.74) is 3.34. The quantitative estimate of drug-likeness (QED) is 0.898. The maximum atomic E-state index is 12.7. The summed E-state index contributed by atoms with van der Waals surface area (Å²) in [6, 6.07) is 6.05. The van der Waals surface area contributed by atoms with Crippen LogP contribution in [0.5, 0.6) is 0 Å². The Morgan fingerprint density at radius 2 is 1.87 bits per heavy atom. The molecule has 23 heavy (non-hydrogen) atoms. The summed E-state index contributed by atoms with van der Waals surface area (Å²) >= 11 is 0. The fourth-order valence-electron chi connectivity index (χ4n) is 3.20. The number of hydrogen-bond donors (Lipinski definition) is 1. The minimum atomic E-state index is 0.124. The van der Waals surface area contributed by atoms with Crippen molar-refractivity contribution in [3.63, 3.8) is 0 Å². The number of nitrogens with zero attached hydrogens (tertiary/aromatic N) is 4. The summed E-state index contributed by atoms with van der Waals surface area (Å²) in [6.45, 7) is 4.76. The third kappa shape index (κ3) is 2.77. The molecule has 118 valence electrons. The van der Waals surface area contributed by atoms with Gasteiger partial charge in [0.25, 0.3) is 5.91 Å². The lowest BCUT2D eigenvalue weighted by Gasteiger charge is -2.35. The molecular weight excluding hydrogens is 290 g/mol. The lowest BCUT2D eigenvalue weighted by Crippen LogP contribution is -2.49. The van der Waals surface area contributed by atoms with Gasteiger partial charge in [0.05, 0.1) is 6.20 Å². The van der Waals surface area contributed by atoms with Crippen LogP contribution in [0.4, 0.5) is 5.82 Å². The molecule has 0 spiro atoms. The van der Waals surface area contributed by atoms with E-state index in [1.165, 1.54) is 11.1 Å². The Balaban J connectivity index is 1.43. The molecule has 1 amide bonds. The second kappa shape index (κ2) is 5.96. The number of rotatable bonds is 2. The lowest BCUT2D eigenvalue weighted by molar-refractivity contribution is 0.0746. The van der Waals surface area contributed by atoms with Gasteiger partial charge in [0.2, 0.25) is 0 Å². The van der Waals surface area contributed by atoms with E-state index in [1.54, 1.807) is 18.6 Å². The standard InChI is InChI=1S/C17H19N5O/c23-17(13-1-2-14-10-19-11-15(14)9-13)22-7-5-21(6-8-22)16-12-18-3-4-20-16/h1-4,9,12,19H,5-8,10-11H2. The fourth-order valence-corrected chi connectivity index (χ4v) is 3.20. The number of anilines is 1. The normalized spacial score (nSPS) is 17.2. The number of nitrogens with one attached hydrogen (secondary N) is 1. The van der Waals surface area contributed by atoms with Gasteiger partial charge in [-0.2, -0.15) is 0 Å². The summed E-state index contributed by atoms with van der Waals surface area (Å²) in [5.74, 6) is 1.00. The Labute approximate surface area is 135 Å². The molecule has 1 saturated heterocycles. The van der Waals surface area contributed by atoms with Crippen LogP contribution in [0.15, 0.2) is 36.8 Å². The van der Waals surface area contributed by atoms with E-state index in [0.29, 0.717) is 13.1 Å². The van der Waals surface area contributed by atoms with Crippen molar-refractivity contribution < 1.29 is 4.79 Å². The maximum absolute atomic E-state index is 12.7. The summed E-state index contributed by atoms with van der Waals surface area (Å²) in [4.78, 5) is 25.2. The number of piperazine rings is 1. The number of carbonyl (C=O) groups is 1. The Hall–Kier alpha value is -2.47. The smallest absolute Gasteiger partial charge is 0.253 e. The first-order chi connectivity index (χ1) is 11.3. The molecule has 0 saturated carbocycles. The molecule has 1 fully saturated rings. The summed E-state index contributed by atoms with van der Waals surface area (Å²) in [7, 11) is 0. The van der Waals surface area contributed by atoms with Gasteiger partial charge in [-0.15, -0.1) is 0 Å². The van der Waals surface area contributed by atoms with E-state index in [9.17, 15) is 4.79 Å². The van der Waals surface area contributed by atoms with Gasteiger partial charge in [0.1, 0.15) is 5.82 Å². The number of hydrogen-bond acceptors (Lipinski definition) is 5. The largest absolute Gasteiger partial charge is 0.352 e. The molecule has 1 aromatic heterocycles. The van der Waals surface area contributed by atoms with Gasteiger partial charge in [-0.3, -0.25) is 9.78 Å². The fraction of sp³-hybridized carbons (Fsp3) is 0.353. The predicted molar refractivity (Wildman–Crippen MR) is 87.1 cm³/mol. The van der Waals surface area contributed by atoms with E-state index in [2.05, 4.69) is 26.3 Å². The van der Waals surface area contributed by atoms with Crippen molar-refractivity contribution in [2.75, 3.05) is 31.1 Å². The first-order valence-corrected chi connectivity index (χ1v) is 7.94. The van der Waals surface area contributed by atoms with Gasteiger partial charge in [-0.1, -0.05) is 6.07 Å². The van der Waals surface area contributed by atoms with Crippen LogP contribution in [0.25, 0.3) is 0 Å². The Kier molecular flexibility index (Phi) is 3.67. The monoisotopic (exact) mass is 309 g/mol. The van der Waals surface area contributed by atoms with Crippen LogP contribution in [0.1, 0.15) is 21.5 Å². The highest BCUT2D eigenvalue weighted by Crippen LogP contribution is 2.19. The summed E-state index contributed by atoms with van der Waals surface area (Å²) < 4.78 is 0. The molecule has 0 atom stereocenters. The molecule has 3 heterocycles. The first-order valence-electron chi connectivity index (χ1n) is 7.94. The summed E-state index contributed by atoms with van der Waals surface area (Å²) in [5, 5.41) is 3.31. The average Bonchev–Trinajstić information content (AvgIpc) is 3.10. The molecule has 2 aliphatic rings. The zero-order valence-corrected chi connectivity index (χ0v) is 12.9. The maximum Gasteiger partial charge on any atom is 0.253 e. The van der Waals surface area contributed by atoms with Gasteiger partial charge in [0, 0.05) is 57.2 Å². The SMILES string of the molecule is O=C(c1ccc2c(c1)CNC2)N1CCN(c2cnccn2)CC1. The molecular formula is C17H19N5O. The van der Waals surface area contributed by atoms with Gasteiger partial charge >= 0.3 is 0 Å². The van der Waals surface area contributed by atoms with Crippen LogP contribution < -0.4 is 10.2 Å². The van der Waals surface area contributed by atoms with Gasteiger partial charge in [0.15, 0.2) is 0 Å². The van der Waals surface area contributed by atoms with Crippen LogP contribution in [0.3, 0.4) is 0 Å². The third-order valence-electron chi connectivity index (χ3n) is 4.52. The minimum absolute atomic E-state index is 0.124. The number of carbonyl (C=O) groups excluding carboxylic acids is 1. The van der Waals surface area contributed by atoms with E-state index in [1.807, 2.05) is 17.0 Å². The molecule has 4 rings (SSSR count). The zero-order chi connectivity index (χ0) is 15.6. The van der Waals surface area contributed by atoms with Crippen LogP contribution in [0.2, 0.25) is 0 Å². The van der Waals surface area contributed by atoms with Crippen LogP contribution in [0, 0.1) is 0 Å². The van der Waals surface area contributed by atoms with E-state index in [0.717, 1.165) is 37.6 Å². The number of amides is 1. The molecule has 6 nitrogen and oxygen atoms in total. The van der Waals surface area contributed by atoms with E-state index < -0.39 is 0 Å². The van der Waals surface area contributed by atoms with Crippen molar-refractivity contribution in [3.05, 3.63) is 53.5 Å². The van der Waals surface area contributed by atoms with E-state index in [4.69, 9.17) is 0 Å². The topological polar surface area (TPSA) is 61.4 Å². The van der Waals surface area contributed by atoms with Crippen LogP contribution in [-0.4, -0.2) is 47.0 Å². The first kappa shape index (κ1) is 14.1. The number of fused-ring (bicyclic) bond motifs is 1. The van der Waals surface area contributed by atoms with Crippen molar-refractivity contribution in [2.24, 2.45) is 0 Å². The molecule has 0 radical (unpaired) electrons. The highest BCUT2D eigenvalue weighted by Gasteiger charge is 2.23. The average molecular weight is 309 g/mol. The highest BCUT2D eigenvalue weighted by atomic mass is 16.2. The molecule has 0 unspecified atom stereocenters. The van der Waals surface area contributed by atoms with Crippen LogP contribution >= 0.6 is 0 Å². The second-order valence-electron chi connectivity index (χ2n) is 5.93. The Morgan fingerprint density at radius 3 is 2.65 bits per heavy atom. The molecule has 1 N–H and O–H groups in total. The number of benzene rings is 1. The molecule has 1 aromatic carbocycles. The molecule has 0 bridgehead atoms. The van der Waals surface area contributed by atoms with Crippen molar-refractivity contribution in [1.82, 2.24) is 20.2 Å². The van der Waals surface area contributed by atoms with Gasteiger partial charge < -0.3 is 15.1 Å². The molecule has 6 heteroatoms.